The molecule has 0 saturated heterocycles. The van der Waals surface area contributed by atoms with Crippen molar-refractivity contribution >= 4 is 21.6 Å². The zero-order valence-electron chi connectivity index (χ0n) is 19.9. The van der Waals surface area contributed by atoms with Gasteiger partial charge in [-0.25, -0.2) is 13.1 Å². The number of anilines is 1. The second-order valence-corrected chi connectivity index (χ2v) is 9.98. The number of carbonyl (C=O) groups is 1. The number of para-hydroxylation sites is 1. The molecule has 35 heavy (non-hydrogen) atoms. The molecule has 0 aliphatic rings. The molecule has 3 aromatic carbocycles. The van der Waals surface area contributed by atoms with Crippen molar-refractivity contribution in [1.82, 2.24) is 14.2 Å². The third-order valence-electron chi connectivity index (χ3n) is 5.77. The highest BCUT2D eigenvalue weighted by molar-refractivity contribution is 7.89. The van der Waals surface area contributed by atoms with E-state index in [1.807, 2.05) is 62.4 Å². The fourth-order valence-electron chi connectivity index (χ4n) is 3.51. The number of benzene rings is 3. The fraction of sp³-hybridized carbons (Fsp3) is 0.154. The number of amides is 1. The van der Waals surface area contributed by atoms with Gasteiger partial charge in [0, 0.05) is 24.5 Å². The molecule has 1 aromatic heterocycles. The van der Waals surface area contributed by atoms with Crippen molar-refractivity contribution < 1.29 is 18.0 Å². The van der Waals surface area contributed by atoms with Crippen molar-refractivity contribution in [3.63, 3.8) is 0 Å². The maximum Gasteiger partial charge on any atom is 0.264 e. The van der Waals surface area contributed by atoms with E-state index in [-0.39, 0.29) is 10.8 Å². The number of sulfonamides is 1. The van der Waals surface area contributed by atoms with E-state index < -0.39 is 10.0 Å². The molecule has 0 aliphatic carbocycles. The lowest BCUT2D eigenvalue weighted by Crippen LogP contribution is -2.25. The van der Waals surface area contributed by atoms with Crippen molar-refractivity contribution in [2.45, 2.75) is 18.7 Å². The molecule has 0 fully saturated rings. The molecule has 4 aromatic rings. The minimum Gasteiger partial charge on any atom is -0.322 e. The normalized spacial score (nSPS) is 11.6. The molecule has 0 unspecified atom stereocenters. The maximum atomic E-state index is 13.3. The number of nitrogens with zero attached hydrogens (tertiary/aromatic N) is 3. The Bertz CT molecular complexity index is 1460. The van der Waals surface area contributed by atoms with Crippen molar-refractivity contribution in [3.8, 4) is 16.9 Å². The van der Waals surface area contributed by atoms with Crippen LogP contribution in [0.4, 0.5) is 5.69 Å². The van der Waals surface area contributed by atoms with Crippen LogP contribution < -0.4 is 5.32 Å². The van der Waals surface area contributed by atoms with Crippen LogP contribution in [0.15, 0.2) is 83.9 Å². The summed E-state index contributed by atoms with van der Waals surface area (Å²) < 4.78 is 27.3. The molecule has 4 rings (SSSR count). The lowest BCUT2D eigenvalue weighted by molar-refractivity contribution is -0.0258. The third-order valence-corrected chi connectivity index (χ3v) is 7.46. The van der Waals surface area contributed by atoms with Crippen molar-refractivity contribution in [2.75, 3.05) is 19.5 Å². The van der Waals surface area contributed by atoms with Gasteiger partial charge in [-0.1, -0.05) is 34.8 Å². The first kappa shape index (κ1) is 24.3. The van der Waals surface area contributed by atoms with Gasteiger partial charge >= 0.3 is 0 Å². The Morgan fingerprint density at radius 1 is 0.971 bits per heavy atom. The predicted octanol–water partition coefficient (Wildman–Crippen LogP) is 4.59. The summed E-state index contributed by atoms with van der Waals surface area (Å²) in [5.41, 5.74) is 5.30. The standard InChI is InChI=1S/C26H26N4O4S/c1-18-10-11-20(16-19(18)2)25-24(17-30(28-25)22-8-6-5-7-9-22)26(31)27-21-12-14-23(15-13-21)35(32,33)29(3)34-4/h5-17H,1-4H3,(H,27,31). The first-order chi connectivity index (χ1) is 16.7. The van der Waals surface area contributed by atoms with Gasteiger partial charge in [-0.05, 0) is 67.4 Å². The van der Waals surface area contributed by atoms with Crippen LogP contribution in [-0.2, 0) is 14.9 Å². The zero-order valence-corrected chi connectivity index (χ0v) is 20.7. The Labute approximate surface area is 204 Å². The minimum atomic E-state index is -3.78. The second kappa shape index (κ2) is 9.83. The Morgan fingerprint density at radius 3 is 2.29 bits per heavy atom. The summed E-state index contributed by atoms with van der Waals surface area (Å²) in [6.07, 6.45) is 1.70. The highest BCUT2D eigenvalue weighted by Crippen LogP contribution is 2.27. The van der Waals surface area contributed by atoms with E-state index >= 15 is 0 Å². The van der Waals surface area contributed by atoms with Crippen LogP contribution in [-0.4, -0.2) is 42.7 Å². The van der Waals surface area contributed by atoms with Crippen LogP contribution in [0, 0.1) is 13.8 Å². The van der Waals surface area contributed by atoms with E-state index in [4.69, 9.17) is 9.94 Å². The maximum absolute atomic E-state index is 13.3. The number of carbonyl (C=O) groups excluding carboxylic acids is 1. The van der Waals surface area contributed by atoms with Crippen LogP contribution in [0.5, 0.6) is 0 Å². The van der Waals surface area contributed by atoms with E-state index in [2.05, 4.69) is 5.32 Å². The van der Waals surface area contributed by atoms with Gasteiger partial charge in [-0.2, -0.15) is 5.10 Å². The zero-order chi connectivity index (χ0) is 25.2. The van der Waals surface area contributed by atoms with E-state index in [0.29, 0.717) is 16.9 Å². The van der Waals surface area contributed by atoms with E-state index in [1.165, 1.54) is 38.4 Å². The van der Waals surface area contributed by atoms with Crippen LogP contribution in [0.3, 0.4) is 0 Å². The molecule has 9 heteroatoms. The number of hydroxylamine groups is 1. The summed E-state index contributed by atoms with van der Waals surface area (Å²) in [7, 11) is -1.20. The molecular formula is C26H26N4O4S. The van der Waals surface area contributed by atoms with Crippen LogP contribution >= 0.6 is 0 Å². The summed E-state index contributed by atoms with van der Waals surface area (Å²) in [6, 6.07) is 21.4. The predicted molar refractivity (Wildman–Crippen MR) is 135 cm³/mol. The molecule has 0 radical (unpaired) electrons. The highest BCUT2D eigenvalue weighted by Gasteiger charge is 2.22. The van der Waals surface area contributed by atoms with Gasteiger partial charge in [0.1, 0.15) is 5.69 Å². The smallest absolute Gasteiger partial charge is 0.264 e. The Morgan fingerprint density at radius 2 is 1.66 bits per heavy atom. The van der Waals surface area contributed by atoms with Gasteiger partial charge in [0.25, 0.3) is 15.9 Å². The molecule has 1 heterocycles. The van der Waals surface area contributed by atoms with Gasteiger partial charge in [0.15, 0.2) is 0 Å². The molecule has 0 bridgehead atoms. The molecule has 1 N–H and O–H groups in total. The third kappa shape index (κ3) is 5.02. The number of aromatic nitrogens is 2. The Hall–Kier alpha value is -3.79. The van der Waals surface area contributed by atoms with Gasteiger partial charge in [-0.3, -0.25) is 9.63 Å². The van der Waals surface area contributed by atoms with Crippen molar-refractivity contribution in [1.29, 1.82) is 0 Å². The molecule has 0 saturated carbocycles. The van der Waals surface area contributed by atoms with Crippen LogP contribution in [0.1, 0.15) is 21.5 Å². The molecule has 0 spiro atoms. The number of hydrogen-bond acceptors (Lipinski definition) is 5. The summed E-state index contributed by atoms with van der Waals surface area (Å²) in [5, 5.41) is 7.57. The Kier molecular flexibility index (Phi) is 6.83. The van der Waals surface area contributed by atoms with Crippen LogP contribution in [0.25, 0.3) is 16.9 Å². The topological polar surface area (TPSA) is 93.5 Å². The molecule has 8 nitrogen and oxygen atoms in total. The van der Waals surface area contributed by atoms with Crippen molar-refractivity contribution in [2.24, 2.45) is 0 Å². The van der Waals surface area contributed by atoms with E-state index in [1.54, 1.807) is 10.9 Å². The molecule has 0 atom stereocenters. The average Bonchev–Trinajstić information content (AvgIpc) is 3.32. The summed E-state index contributed by atoms with van der Waals surface area (Å²) in [4.78, 5) is 18.2. The first-order valence-corrected chi connectivity index (χ1v) is 12.3. The Balaban J connectivity index is 1.68. The number of rotatable bonds is 7. The monoisotopic (exact) mass is 490 g/mol. The minimum absolute atomic E-state index is 0.0487. The summed E-state index contributed by atoms with van der Waals surface area (Å²) in [6.45, 7) is 4.05. The average molecular weight is 491 g/mol. The molecule has 0 aliphatic heterocycles. The molecular weight excluding hydrogens is 464 g/mol. The second-order valence-electron chi connectivity index (χ2n) is 8.05. The van der Waals surface area contributed by atoms with Gasteiger partial charge in [0.05, 0.1) is 23.3 Å². The lowest BCUT2D eigenvalue weighted by Gasteiger charge is -2.14. The van der Waals surface area contributed by atoms with Gasteiger partial charge in [0.2, 0.25) is 0 Å². The molecule has 1 amide bonds. The van der Waals surface area contributed by atoms with Gasteiger partial charge in [-0.15, -0.1) is 0 Å². The van der Waals surface area contributed by atoms with E-state index in [0.717, 1.165) is 26.8 Å². The number of nitrogens with one attached hydrogen (secondary N) is 1. The lowest BCUT2D eigenvalue weighted by atomic mass is 10.0. The SMILES string of the molecule is CON(C)S(=O)(=O)c1ccc(NC(=O)c2cn(-c3ccccc3)nc2-c2ccc(C)c(C)c2)cc1. The number of aryl methyl sites for hydroxylation is 2. The van der Waals surface area contributed by atoms with Gasteiger partial charge < -0.3 is 5.32 Å². The number of hydrogen-bond donors (Lipinski definition) is 1. The van der Waals surface area contributed by atoms with Crippen molar-refractivity contribution in [3.05, 3.63) is 95.7 Å². The van der Waals surface area contributed by atoms with E-state index in [9.17, 15) is 13.2 Å². The largest absolute Gasteiger partial charge is 0.322 e. The fourth-order valence-corrected chi connectivity index (χ4v) is 4.48. The summed E-state index contributed by atoms with van der Waals surface area (Å²) in [5.74, 6) is -0.356. The summed E-state index contributed by atoms with van der Waals surface area (Å²) >= 11 is 0. The molecule has 180 valence electrons. The highest BCUT2D eigenvalue weighted by atomic mass is 32.2. The van der Waals surface area contributed by atoms with Crippen LogP contribution in [0.2, 0.25) is 0 Å². The first-order valence-electron chi connectivity index (χ1n) is 10.9. The quantitative estimate of drug-likeness (QED) is 0.383.